The van der Waals surface area contributed by atoms with Gasteiger partial charge in [0.15, 0.2) is 5.76 Å². The summed E-state index contributed by atoms with van der Waals surface area (Å²) in [4.78, 5) is 12.3. The van der Waals surface area contributed by atoms with Crippen LogP contribution in [0.2, 0.25) is 0 Å². The topological polar surface area (TPSA) is 30.2 Å². The van der Waals surface area contributed by atoms with Gasteiger partial charge in [0, 0.05) is 5.56 Å². The average Bonchev–Trinajstić information content (AvgIpc) is 3.13. The second-order valence-corrected chi connectivity index (χ2v) is 5.01. The van der Waals surface area contributed by atoms with E-state index >= 15 is 0 Å². The number of furan rings is 1. The maximum Gasteiger partial charge on any atom is 0.228 e. The number of carbonyl (C=O) groups is 1. The maximum absolute atomic E-state index is 12.3. The summed E-state index contributed by atoms with van der Waals surface area (Å²) in [6, 6.07) is 17.7. The zero-order chi connectivity index (χ0) is 13.5. The van der Waals surface area contributed by atoms with Crippen LogP contribution in [0.15, 0.2) is 65.3 Å². The molecule has 0 bridgehead atoms. The van der Waals surface area contributed by atoms with Crippen molar-refractivity contribution in [2.75, 3.05) is 0 Å². The van der Waals surface area contributed by atoms with Gasteiger partial charge in [-0.3, -0.25) is 4.79 Å². The molecule has 0 unspecified atom stereocenters. The van der Waals surface area contributed by atoms with Crippen molar-refractivity contribution >= 4 is 5.78 Å². The number of benzene rings is 2. The summed E-state index contributed by atoms with van der Waals surface area (Å²) in [6.07, 6.45) is 2.47. The molecule has 1 aromatic heterocycles. The van der Waals surface area contributed by atoms with Crippen molar-refractivity contribution < 1.29 is 9.21 Å². The van der Waals surface area contributed by atoms with Crippen molar-refractivity contribution in [3.05, 3.63) is 83.3 Å². The first-order valence-corrected chi connectivity index (χ1v) is 6.62. The van der Waals surface area contributed by atoms with Crippen molar-refractivity contribution in [1.29, 1.82) is 0 Å². The van der Waals surface area contributed by atoms with Crippen LogP contribution in [0.25, 0.3) is 11.1 Å². The lowest BCUT2D eigenvalue weighted by Gasteiger charge is -2.04. The molecule has 0 saturated heterocycles. The third kappa shape index (κ3) is 1.62. The van der Waals surface area contributed by atoms with E-state index in [0.29, 0.717) is 11.3 Å². The summed E-state index contributed by atoms with van der Waals surface area (Å²) in [6.45, 7) is 0. The van der Waals surface area contributed by atoms with Gasteiger partial charge in [-0.1, -0.05) is 36.4 Å². The Kier molecular flexibility index (Phi) is 2.36. The molecule has 4 rings (SSSR count). The molecular weight excluding hydrogens is 248 g/mol. The van der Waals surface area contributed by atoms with E-state index in [1.165, 1.54) is 23.0 Å². The van der Waals surface area contributed by atoms with Crippen LogP contribution in [0.4, 0.5) is 0 Å². The van der Waals surface area contributed by atoms with Gasteiger partial charge in [-0.2, -0.15) is 0 Å². The smallest absolute Gasteiger partial charge is 0.228 e. The summed E-state index contributed by atoms with van der Waals surface area (Å²) < 4.78 is 5.19. The van der Waals surface area contributed by atoms with Crippen LogP contribution in [0.5, 0.6) is 0 Å². The van der Waals surface area contributed by atoms with E-state index in [2.05, 4.69) is 18.2 Å². The van der Waals surface area contributed by atoms with Crippen molar-refractivity contribution in [3.8, 4) is 11.1 Å². The Labute approximate surface area is 116 Å². The highest BCUT2D eigenvalue weighted by atomic mass is 16.3. The third-order valence-electron chi connectivity index (χ3n) is 3.81. The Balaban J connectivity index is 1.82. The molecule has 2 heteroatoms. The van der Waals surface area contributed by atoms with Gasteiger partial charge in [-0.15, -0.1) is 0 Å². The molecule has 1 heterocycles. The van der Waals surface area contributed by atoms with Crippen molar-refractivity contribution in [2.24, 2.45) is 0 Å². The van der Waals surface area contributed by atoms with Gasteiger partial charge < -0.3 is 4.42 Å². The molecule has 0 amide bonds. The third-order valence-corrected chi connectivity index (χ3v) is 3.81. The minimum atomic E-state index is -0.0674. The molecule has 20 heavy (non-hydrogen) atoms. The summed E-state index contributed by atoms with van der Waals surface area (Å²) in [5.74, 6) is 0.318. The first-order valence-electron chi connectivity index (χ1n) is 6.62. The van der Waals surface area contributed by atoms with Gasteiger partial charge >= 0.3 is 0 Å². The molecule has 3 aromatic rings. The Morgan fingerprint density at radius 3 is 2.60 bits per heavy atom. The largest absolute Gasteiger partial charge is 0.461 e. The van der Waals surface area contributed by atoms with Crippen LogP contribution < -0.4 is 0 Å². The number of carbonyl (C=O) groups excluding carboxylic acids is 1. The predicted octanol–water partition coefficient (Wildman–Crippen LogP) is 4.08. The molecule has 0 atom stereocenters. The quantitative estimate of drug-likeness (QED) is 0.508. The molecule has 0 aliphatic heterocycles. The molecule has 0 radical (unpaired) electrons. The van der Waals surface area contributed by atoms with Crippen LogP contribution in [-0.2, 0) is 6.42 Å². The van der Waals surface area contributed by atoms with Gasteiger partial charge in [-0.05, 0) is 46.9 Å². The fourth-order valence-corrected chi connectivity index (χ4v) is 2.81. The SMILES string of the molecule is O=C(c1ccc2c(c1)-c1ccccc1C2)c1ccco1. The monoisotopic (exact) mass is 260 g/mol. The van der Waals surface area contributed by atoms with E-state index in [0.717, 1.165) is 12.0 Å². The standard InChI is InChI=1S/C18H12O2/c19-18(17-6-3-9-20-17)14-8-7-13-10-12-4-1-2-5-15(12)16(13)11-14/h1-9,11H,10H2. The van der Waals surface area contributed by atoms with Crippen LogP contribution in [0.3, 0.4) is 0 Å². The fraction of sp³-hybridized carbons (Fsp3) is 0.0556. The fourth-order valence-electron chi connectivity index (χ4n) is 2.81. The minimum absolute atomic E-state index is 0.0674. The normalized spacial score (nSPS) is 12.0. The summed E-state index contributed by atoms with van der Waals surface area (Å²) in [7, 11) is 0. The van der Waals surface area contributed by atoms with E-state index in [9.17, 15) is 4.79 Å². The highest BCUT2D eigenvalue weighted by Gasteiger charge is 2.20. The zero-order valence-corrected chi connectivity index (χ0v) is 10.8. The Bertz CT molecular complexity index is 798. The number of hydrogen-bond acceptors (Lipinski definition) is 2. The van der Waals surface area contributed by atoms with Crippen molar-refractivity contribution in [1.82, 2.24) is 0 Å². The molecule has 0 spiro atoms. The average molecular weight is 260 g/mol. The molecule has 1 aliphatic carbocycles. The van der Waals surface area contributed by atoms with Crippen LogP contribution in [0, 0.1) is 0 Å². The summed E-state index contributed by atoms with van der Waals surface area (Å²) >= 11 is 0. The van der Waals surface area contributed by atoms with E-state index in [-0.39, 0.29) is 5.78 Å². The number of rotatable bonds is 2. The van der Waals surface area contributed by atoms with Crippen LogP contribution in [0.1, 0.15) is 27.2 Å². The van der Waals surface area contributed by atoms with Crippen molar-refractivity contribution in [2.45, 2.75) is 6.42 Å². The number of hydrogen-bond donors (Lipinski definition) is 0. The zero-order valence-electron chi connectivity index (χ0n) is 10.8. The summed E-state index contributed by atoms with van der Waals surface area (Å²) in [5.41, 5.74) is 5.68. The first-order chi connectivity index (χ1) is 9.83. The molecule has 96 valence electrons. The number of ketones is 1. The Hall–Kier alpha value is -2.61. The highest BCUT2D eigenvalue weighted by Crippen LogP contribution is 2.37. The lowest BCUT2D eigenvalue weighted by Crippen LogP contribution is -2.00. The Morgan fingerprint density at radius 1 is 0.900 bits per heavy atom. The van der Waals surface area contributed by atoms with Gasteiger partial charge in [0.05, 0.1) is 6.26 Å². The predicted molar refractivity (Wildman–Crippen MR) is 76.8 cm³/mol. The van der Waals surface area contributed by atoms with Gasteiger partial charge in [0.2, 0.25) is 5.78 Å². The molecule has 0 N–H and O–H groups in total. The lowest BCUT2D eigenvalue weighted by atomic mass is 10.0. The molecule has 1 aliphatic rings. The maximum atomic E-state index is 12.3. The molecule has 0 fully saturated rings. The van der Waals surface area contributed by atoms with E-state index in [1.54, 1.807) is 12.1 Å². The van der Waals surface area contributed by atoms with Crippen LogP contribution in [-0.4, -0.2) is 5.78 Å². The lowest BCUT2D eigenvalue weighted by molar-refractivity contribution is 0.101. The van der Waals surface area contributed by atoms with E-state index in [4.69, 9.17) is 4.42 Å². The minimum Gasteiger partial charge on any atom is -0.461 e. The van der Waals surface area contributed by atoms with Gasteiger partial charge in [-0.25, -0.2) is 0 Å². The van der Waals surface area contributed by atoms with Crippen LogP contribution >= 0.6 is 0 Å². The van der Waals surface area contributed by atoms with Crippen molar-refractivity contribution in [3.63, 3.8) is 0 Å². The summed E-state index contributed by atoms with van der Waals surface area (Å²) in [5, 5.41) is 0. The second-order valence-electron chi connectivity index (χ2n) is 5.01. The van der Waals surface area contributed by atoms with E-state index < -0.39 is 0 Å². The molecular formula is C18H12O2. The number of fused-ring (bicyclic) bond motifs is 3. The molecule has 2 nitrogen and oxygen atoms in total. The van der Waals surface area contributed by atoms with E-state index in [1.807, 2.05) is 24.3 Å². The molecule has 0 saturated carbocycles. The second kappa shape index (κ2) is 4.20. The Morgan fingerprint density at radius 2 is 1.75 bits per heavy atom. The highest BCUT2D eigenvalue weighted by molar-refractivity contribution is 6.08. The van der Waals surface area contributed by atoms with Gasteiger partial charge in [0.25, 0.3) is 0 Å². The molecule has 2 aromatic carbocycles. The first kappa shape index (κ1) is 11.2. The van der Waals surface area contributed by atoms with Gasteiger partial charge in [0.1, 0.15) is 0 Å².